The van der Waals surface area contributed by atoms with Crippen LogP contribution in [0.2, 0.25) is 0 Å². The summed E-state index contributed by atoms with van der Waals surface area (Å²) in [5.74, 6) is -1.65. The van der Waals surface area contributed by atoms with Gasteiger partial charge < -0.3 is 14.7 Å². The fourth-order valence-corrected chi connectivity index (χ4v) is 1.91. The molecular weight excluding hydrogens is 264 g/mol. The van der Waals surface area contributed by atoms with Crippen molar-refractivity contribution >= 4 is 17.8 Å². The first-order valence-electron chi connectivity index (χ1n) is 6.36. The Bertz CT molecular complexity index is 436. The van der Waals surface area contributed by atoms with Gasteiger partial charge in [-0.2, -0.15) is 0 Å². The van der Waals surface area contributed by atoms with E-state index in [0.29, 0.717) is 26.2 Å². The van der Waals surface area contributed by atoms with E-state index in [1.807, 2.05) is 4.90 Å². The number of ether oxygens (including phenoxy) is 1. The standard InChI is InChI=1S/C13H20N2O5/c1-9(10(2)13(18)19)12(17)15-6-4-14(5-7-15)8-11(16)20-3/h4-8H2,1-3H3,(H,18,19). The third-order valence-corrected chi connectivity index (χ3v) is 3.44. The van der Waals surface area contributed by atoms with Crippen LogP contribution in [-0.4, -0.2) is 72.6 Å². The first-order valence-corrected chi connectivity index (χ1v) is 6.36. The number of hydrogen-bond donors (Lipinski definition) is 1. The van der Waals surface area contributed by atoms with Crippen LogP contribution in [-0.2, 0) is 19.1 Å². The van der Waals surface area contributed by atoms with Gasteiger partial charge in [-0.15, -0.1) is 0 Å². The van der Waals surface area contributed by atoms with Crippen molar-refractivity contribution in [1.82, 2.24) is 9.80 Å². The van der Waals surface area contributed by atoms with E-state index < -0.39 is 5.97 Å². The Morgan fingerprint density at radius 3 is 2.05 bits per heavy atom. The minimum Gasteiger partial charge on any atom is -0.478 e. The van der Waals surface area contributed by atoms with E-state index in [1.54, 1.807) is 4.90 Å². The first-order chi connectivity index (χ1) is 9.36. The summed E-state index contributed by atoms with van der Waals surface area (Å²) in [6.45, 7) is 5.23. The Hall–Kier alpha value is -1.89. The van der Waals surface area contributed by atoms with Crippen LogP contribution in [0.5, 0.6) is 0 Å². The van der Waals surface area contributed by atoms with Crippen LogP contribution in [0, 0.1) is 0 Å². The molecule has 0 radical (unpaired) electrons. The Morgan fingerprint density at radius 1 is 1.05 bits per heavy atom. The Labute approximate surface area is 117 Å². The lowest BCUT2D eigenvalue weighted by molar-refractivity contribution is -0.142. The molecule has 0 aromatic heterocycles. The third-order valence-electron chi connectivity index (χ3n) is 3.44. The molecule has 0 aromatic rings. The summed E-state index contributed by atoms with van der Waals surface area (Å²) < 4.78 is 4.59. The minimum atomic E-state index is -1.08. The molecule has 1 fully saturated rings. The van der Waals surface area contributed by atoms with E-state index in [9.17, 15) is 14.4 Å². The molecular formula is C13H20N2O5. The molecule has 1 aliphatic heterocycles. The summed E-state index contributed by atoms with van der Waals surface area (Å²) in [7, 11) is 1.34. The van der Waals surface area contributed by atoms with E-state index in [2.05, 4.69) is 4.74 Å². The number of carboxylic acid groups (broad SMARTS) is 1. The van der Waals surface area contributed by atoms with Crippen LogP contribution in [0.25, 0.3) is 0 Å². The van der Waals surface area contributed by atoms with Gasteiger partial charge in [0.05, 0.1) is 13.7 Å². The second-order valence-corrected chi connectivity index (χ2v) is 4.70. The fourth-order valence-electron chi connectivity index (χ4n) is 1.91. The van der Waals surface area contributed by atoms with Crippen LogP contribution >= 0.6 is 0 Å². The second kappa shape index (κ2) is 7.04. The molecule has 7 heteroatoms. The predicted octanol–water partition coefficient (Wildman–Crippen LogP) is -0.275. The Morgan fingerprint density at radius 2 is 1.60 bits per heavy atom. The number of amides is 1. The molecule has 0 aromatic carbocycles. The quantitative estimate of drug-likeness (QED) is 0.564. The number of carboxylic acids is 1. The minimum absolute atomic E-state index is 0.0620. The molecule has 1 amide bonds. The van der Waals surface area contributed by atoms with Crippen LogP contribution in [0.1, 0.15) is 13.8 Å². The molecule has 1 N–H and O–H groups in total. The maximum Gasteiger partial charge on any atom is 0.331 e. The average Bonchev–Trinajstić information content (AvgIpc) is 2.45. The molecule has 112 valence electrons. The van der Waals surface area contributed by atoms with Gasteiger partial charge in [0.25, 0.3) is 0 Å². The number of carbonyl (C=O) groups is 3. The van der Waals surface area contributed by atoms with Crippen molar-refractivity contribution in [2.45, 2.75) is 13.8 Å². The van der Waals surface area contributed by atoms with Crippen molar-refractivity contribution in [2.24, 2.45) is 0 Å². The molecule has 1 heterocycles. The van der Waals surface area contributed by atoms with Gasteiger partial charge in [0.1, 0.15) is 0 Å². The zero-order valence-electron chi connectivity index (χ0n) is 12.0. The molecule has 20 heavy (non-hydrogen) atoms. The largest absolute Gasteiger partial charge is 0.478 e. The van der Waals surface area contributed by atoms with E-state index in [-0.39, 0.29) is 29.6 Å². The summed E-state index contributed by atoms with van der Waals surface area (Å²) in [6.07, 6.45) is 0. The highest BCUT2D eigenvalue weighted by molar-refractivity contribution is 6.01. The van der Waals surface area contributed by atoms with Crippen LogP contribution in [0.4, 0.5) is 0 Å². The lowest BCUT2D eigenvalue weighted by Crippen LogP contribution is -2.50. The first kappa shape index (κ1) is 16.2. The van der Waals surface area contributed by atoms with Gasteiger partial charge in [0, 0.05) is 37.3 Å². The normalized spacial score (nSPS) is 17.4. The highest BCUT2D eigenvalue weighted by Crippen LogP contribution is 2.11. The van der Waals surface area contributed by atoms with Crippen molar-refractivity contribution < 1.29 is 24.2 Å². The molecule has 0 saturated carbocycles. The molecule has 0 aliphatic carbocycles. The molecule has 7 nitrogen and oxygen atoms in total. The van der Waals surface area contributed by atoms with Crippen molar-refractivity contribution in [3.63, 3.8) is 0 Å². The molecule has 0 atom stereocenters. The highest BCUT2D eigenvalue weighted by atomic mass is 16.5. The van der Waals surface area contributed by atoms with Crippen LogP contribution in [0.15, 0.2) is 11.1 Å². The second-order valence-electron chi connectivity index (χ2n) is 4.70. The SMILES string of the molecule is COC(=O)CN1CCN(C(=O)C(C)=C(C)C(=O)O)CC1. The Balaban J connectivity index is 2.57. The number of rotatable bonds is 4. The number of aliphatic carboxylic acids is 1. The van der Waals surface area contributed by atoms with Gasteiger partial charge in [-0.05, 0) is 13.8 Å². The molecule has 1 rings (SSSR count). The molecule has 0 unspecified atom stereocenters. The van der Waals surface area contributed by atoms with Gasteiger partial charge in [-0.1, -0.05) is 0 Å². The van der Waals surface area contributed by atoms with Gasteiger partial charge >= 0.3 is 11.9 Å². The van der Waals surface area contributed by atoms with Crippen LogP contribution < -0.4 is 0 Å². The number of methoxy groups -OCH3 is 1. The smallest absolute Gasteiger partial charge is 0.331 e. The van der Waals surface area contributed by atoms with Gasteiger partial charge in [0.2, 0.25) is 5.91 Å². The fraction of sp³-hybridized carbons (Fsp3) is 0.615. The van der Waals surface area contributed by atoms with Crippen molar-refractivity contribution in [3.8, 4) is 0 Å². The maximum atomic E-state index is 12.1. The number of nitrogens with zero attached hydrogens (tertiary/aromatic N) is 2. The molecule has 0 bridgehead atoms. The molecule has 1 saturated heterocycles. The number of piperazine rings is 1. The van der Waals surface area contributed by atoms with Crippen molar-refractivity contribution in [1.29, 1.82) is 0 Å². The predicted molar refractivity (Wildman–Crippen MR) is 71.0 cm³/mol. The summed E-state index contributed by atoms with van der Waals surface area (Å²) in [5, 5.41) is 8.88. The lowest BCUT2D eigenvalue weighted by atomic mass is 10.1. The van der Waals surface area contributed by atoms with Crippen molar-refractivity contribution in [2.75, 3.05) is 39.8 Å². The van der Waals surface area contributed by atoms with E-state index in [0.717, 1.165) is 0 Å². The molecule has 0 spiro atoms. The molecule has 1 aliphatic rings. The van der Waals surface area contributed by atoms with E-state index in [4.69, 9.17) is 5.11 Å². The summed E-state index contributed by atoms with van der Waals surface area (Å²) >= 11 is 0. The zero-order chi connectivity index (χ0) is 15.3. The van der Waals surface area contributed by atoms with Gasteiger partial charge in [-0.25, -0.2) is 4.79 Å². The Kier molecular flexibility index (Phi) is 5.69. The van der Waals surface area contributed by atoms with Gasteiger partial charge in [0.15, 0.2) is 0 Å². The number of hydrogen-bond acceptors (Lipinski definition) is 5. The average molecular weight is 284 g/mol. The van der Waals surface area contributed by atoms with Crippen LogP contribution in [0.3, 0.4) is 0 Å². The van der Waals surface area contributed by atoms with E-state index >= 15 is 0 Å². The maximum absolute atomic E-state index is 12.1. The summed E-state index contributed by atoms with van der Waals surface area (Å²) in [5.41, 5.74) is 0.311. The third kappa shape index (κ3) is 4.06. The highest BCUT2D eigenvalue weighted by Gasteiger charge is 2.24. The summed E-state index contributed by atoms with van der Waals surface area (Å²) in [4.78, 5) is 37.6. The zero-order valence-corrected chi connectivity index (χ0v) is 12.0. The summed E-state index contributed by atoms with van der Waals surface area (Å²) in [6, 6.07) is 0. The monoisotopic (exact) mass is 284 g/mol. The van der Waals surface area contributed by atoms with E-state index in [1.165, 1.54) is 21.0 Å². The lowest BCUT2D eigenvalue weighted by Gasteiger charge is -2.34. The van der Waals surface area contributed by atoms with Crippen molar-refractivity contribution in [3.05, 3.63) is 11.1 Å². The number of carbonyl (C=O) groups excluding carboxylic acids is 2. The van der Waals surface area contributed by atoms with Gasteiger partial charge in [-0.3, -0.25) is 14.5 Å². The number of esters is 1. The topological polar surface area (TPSA) is 87.2 Å².